The fraction of sp³-hybridized carbons (Fsp3) is 0.214. The Hall–Kier alpha value is -4.27. The molecule has 0 bridgehead atoms. The smallest absolute Gasteiger partial charge is 0.322 e. The third-order valence-corrected chi connectivity index (χ3v) is 6.18. The van der Waals surface area contributed by atoms with E-state index in [9.17, 15) is 22.8 Å². The second-order valence-corrected chi connectivity index (χ2v) is 8.99. The van der Waals surface area contributed by atoms with E-state index in [1.807, 2.05) is 0 Å². The lowest BCUT2D eigenvalue weighted by Gasteiger charge is -2.21. The van der Waals surface area contributed by atoms with Crippen LogP contribution in [-0.4, -0.2) is 21.8 Å². The zero-order valence-electron chi connectivity index (χ0n) is 20.7. The van der Waals surface area contributed by atoms with Crippen LogP contribution in [0.5, 0.6) is 0 Å². The van der Waals surface area contributed by atoms with Crippen LogP contribution in [0, 0.1) is 0 Å². The van der Waals surface area contributed by atoms with E-state index in [1.54, 1.807) is 93.5 Å². The monoisotopic (exact) mass is 506 g/mol. The number of hydrogen-bond acceptors (Lipinski definition) is 4. The summed E-state index contributed by atoms with van der Waals surface area (Å²) in [5.74, 6) is -1.14. The van der Waals surface area contributed by atoms with Crippen LogP contribution < -0.4 is 10.2 Å². The highest BCUT2D eigenvalue weighted by Gasteiger charge is 2.46. The van der Waals surface area contributed by atoms with E-state index in [2.05, 4.69) is 15.3 Å². The summed E-state index contributed by atoms with van der Waals surface area (Å²) in [6.07, 6.45) is 4.23. The van der Waals surface area contributed by atoms with Gasteiger partial charge in [-0.15, -0.1) is 0 Å². The van der Waals surface area contributed by atoms with Crippen molar-refractivity contribution in [3.63, 3.8) is 0 Å². The molecule has 0 fully saturated rings. The summed E-state index contributed by atoms with van der Waals surface area (Å²) < 4.78 is 41.4. The average molecular weight is 507 g/mol. The van der Waals surface area contributed by atoms with Crippen molar-refractivity contribution in [1.82, 2.24) is 15.3 Å². The van der Waals surface area contributed by atoms with Gasteiger partial charge in [0.15, 0.2) is 5.69 Å². The van der Waals surface area contributed by atoms with Crippen LogP contribution in [0.2, 0.25) is 0 Å². The van der Waals surface area contributed by atoms with Crippen molar-refractivity contribution in [2.24, 2.45) is 0 Å². The van der Waals surface area contributed by atoms with Gasteiger partial charge in [-0.2, -0.15) is 13.2 Å². The van der Waals surface area contributed by atoms with Crippen molar-refractivity contribution in [2.75, 3.05) is 4.90 Å². The average Bonchev–Trinajstić information content (AvgIpc) is 3.08. The highest BCUT2D eigenvalue weighted by atomic mass is 19.4. The number of nitrogens with one attached hydrogen (secondary N) is 1. The first-order valence-corrected chi connectivity index (χ1v) is 11.6. The molecule has 9 heteroatoms. The third kappa shape index (κ3) is 4.64. The molecular formula is C28H25F3N4O2. The molecule has 190 valence electrons. The van der Waals surface area contributed by atoms with Crippen LogP contribution in [0.15, 0.2) is 78.9 Å². The fourth-order valence-corrected chi connectivity index (χ4v) is 4.46. The van der Waals surface area contributed by atoms with Crippen molar-refractivity contribution < 1.29 is 22.8 Å². The summed E-state index contributed by atoms with van der Waals surface area (Å²) >= 11 is 0. The Morgan fingerprint density at radius 2 is 1.86 bits per heavy atom. The van der Waals surface area contributed by atoms with Crippen molar-refractivity contribution in [2.45, 2.75) is 39.3 Å². The second-order valence-electron chi connectivity index (χ2n) is 8.99. The highest BCUT2D eigenvalue weighted by molar-refractivity contribution is 6.14. The summed E-state index contributed by atoms with van der Waals surface area (Å²) in [5, 5.41) is 2.51. The topological polar surface area (TPSA) is 75.2 Å². The normalized spacial score (nSPS) is 15.3. The van der Waals surface area contributed by atoms with Gasteiger partial charge < -0.3 is 5.32 Å². The summed E-state index contributed by atoms with van der Waals surface area (Å²) in [7, 11) is 0. The van der Waals surface area contributed by atoms with Crippen molar-refractivity contribution in [1.29, 1.82) is 0 Å². The maximum absolute atomic E-state index is 13.8. The maximum Gasteiger partial charge on any atom is 0.434 e. The summed E-state index contributed by atoms with van der Waals surface area (Å²) in [6, 6.07) is 9.86. The lowest BCUT2D eigenvalue weighted by molar-refractivity contribution is -0.141. The number of carbonyl (C=O) groups excluding carboxylic acids is 2. The Labute approximate surface area is 212 Å². The number of amides is 2. The van der Waals surface area contributed by atoms with E-state index in [-0.39, 0.29) is 11.5 Å². The SMILES string of the molecule is C/C=C\C(=C/C)NC(=O)c1cc(-c2cccc3c2C(C)(C)C(=O)N3c2cccnc2)cnc1C(F)(F)F. The minimum Gasteiger partial charge on any atom is -0.322 e. The fourth-order valence-electron chi connectivity index (χ4n) is 4.46. The molecular weight excluding hydrogens is 481 g/mol. The van der Waals surface area contributed by atoms with Gasteiger partial charge in [-0.05, 0) is 69.2 Å². The molecule has 6 nitrogen and oxygen atoms in total. The van der Waals surface area contributed by atoms with Gasteiger partial charge in [0, 0.05) is 23.7 Å². The molecule has 3 aromatic rings. The van der Waals surface area contributed by atoms with Crippen LogP contribution in [0.3, 0.4) is 0 Å². The van der Waals surface area contributed by atoms with E-state index in [0.29, 0.717) is 28.2 Å². The van der Waals surface area contributed by atoms with Gasteiger partial charge in [0.25, 0.3) is 5.91 Å². The predicted molar refractivity (Wildman–Crippen MR) is 135 cm³/mol. The quantitative estimate of drug-likeness (QED) is 0.411. The molecule has 0 atom stereocenters. The number of alkyl halides is 3. The molecule has 0 saturated heterocycles. The molecule has 0 unspecified atom stereocenters. The van der Waals surface area contributed by atoms with Gasteiger partial charge in [-0.3, -0.25) is 24.5 Å². The van der Waals surface area contributed by atoms with Gasteiger partial charge in [0.1, 0.15) is 0 Å². The first-order valence-electron chi connectivity index (χ1n) is 11.6. The van der Waals surface area contributed by atoms with Crippen molar-refractivity contribution in [3.8, 4) is 11.1 Å². The lowest BCUT2D eigenvalue weighted by Crippen LogP contribution is -2.33. The molecule has 0 aliphatic carbocycles. The lowest BCUT2D eigenvalue weighted by atomic mass is 9.81. The Kier molecular flexibility index (Phi) is 6.73. The molecule has 0 radical (unpaired) electrons. The Balaban J connectivity index is 1.89. The number of anilines is 2. The van der Waals surface area contributed by atoms with Crippen LogP contribution in [0.1, 0.15) is 49.3 Å². The number of pyridine rings is 2. The summed E-state index contributed by atoms with van der Waals surface area (Å²) in [6.45, 7) is 6.91. The standard InChI is InChI=1S/C28H25F3N4O2/c1-5-9-18(6-2)34-25(36)21-14-17(15-33-24(21)28(29,30)31)20-11-7-12-22-23(20)27(3,4)26(37)35(22)19-10-8-13-32-16-19/h5-16H,1-4H3,(H,34,36)/b9-5-,18-6+. The first-order chi connectivity index (χ1) is 17.5. The molecule has 37 heavy (non-hydrogen) atoms. The third-order valence-electron chi connectivity index (χ3n) is 6.18. The number of hydrogen-bond donors (Lipinski definition) is 1. The number of aromatic nitrogens is 2. The van der Waals surface area contributed by atoms with Crippen LogP contribution in [0.4, 0.5) is 24.5 Å². The maximum atomic E-state index is 13.8. The largest absolute Gasteiger partial charge is 0.434 e. The molecule has 0 spiro atoms. The number of carbonyl (C=O) groups is 2. The number of rotatable bonds is 5. The molecule has 1 aliphatic heterocycles. The van der Waals surface area contributed by atoms with E-state index >= 15 is 0 Å². The highest BCUT2D eigenvalue weighted by Crippen LogP contribution is 2.49. The molecule has 1 aliphatic rings. The van der Waals surface area contributed by atoms with Crippen LogP contribution >= 0.6 is 0 Å². The molecule has 3 heterocycles. The zero-order chi connectivity index (χ0) is 27.0. The van der Waals surface area contributed by atoms with Crippen LogP contribution in [-0.2, 0) is 16.4 Å². The van der Waals surface area contributed by atoms with E-state index < -0.39 is 28.8 Å². The number of fused-ring (bicyclic) bond motifs is 1. The number of halogens is 3. The molecule has 0 saturated carbocycles. The van der Waals surface area contributed by atoms with Gasteiger partial charge in [0.2, 0.25) is 5.91 Å². The molecule has 4 rings (SSSR count). The Morgan fingerprint density at radius 3 is 2.49 bits per heavy atom. The minimum absolute atomic E-state index is 0.204. The number of nitrogens with zero attached hydrogens (tertiary/aromatic N) is 3. The summed E-state index contributed by atoms with van der Waals surface area (Å²) in [4.78, 5) is 35.8. The van der Waals surface area contributed by atoms with Gasteiger partial charge in [0.05, 0.1) is 28.6 Å². The molecule has 1 N–H and O–H groups in total. The van der Waals surface area contributed by atoms with Gasteiger partial charge >= 0.3 is 6.18 Å². The van der Waals surface area contributed by atoms with Gasteiger partial charge in [-0.1, -0.05) is 24.3 Å². The van der Waals surface area contributed by atoms with Crippen molar-refractivity contribution in [3.05, 3.63) is 95.7 Å². The minimum atomic E-state index is -4.84. The van der Waals surface area contributed by atoms with E-state index in [1.165, 1.54) is 6.07 Å². The second kappa shape index (κ2) is 9.65. The zero-order valence-corrected chi connectivity index (χ0v) is 20.7. The molecule has 2 amide bonds. The predicted octanol–water partition coefficient (Wildman–Crippen LogP) is 6.33. The number of benzene rings is 1. The van der Waals surface area contributed by atoms with E-state index in [0.717, 1.165) is 6.20 Å². The Morgan fingerprint density at radius 1 is 1.11 bits per heavy atom. The Bertz CT molecular complexity index is 1430. The molecule has 2 aromatic heterocycles. The number of allylic oxidation sites excluding steroid dienone is 3. The van der Waals surface area contributed by atoms with Crippen molar-refractivity contribution >= 4 is 23.2 Å². The first kappa shape index (κ1) is 25.8. The molecule has 1 aromatic carbocycles. The van der Waals surface area contributed by atoms with Gasteiger partial charge in [-0.25, -0.2) is 0 Å². The van der Waals surface area contributed by atoms with E-state index in [4.69, 9.17) is 0 Å². The van der Waals surface area contributed by atoms with Crippen LogP contribution in [0.25, 0.3) is 11.1 Å². The summed E-state index contributed by atoms with van der Waals surface area (Å²) in [5.41, 5.74) is 0.0409.